The molecule has 1 fully saturated rings. The summed E-state index contributed by atoms with van der Waals surface area (Å²) in [6.45, 7) is 4.82. The quantitative estimate of drug-likeness (QED) is 0.756. The molecule has 0 radical (unpaired) electrons. The van der Waals surface area contributed by atoms with E-state index in [1.807, 2.05) is 4.90 Å². The van der Waals surface area contributed by atoms with Crippen LogP contribution in [0.4, 0.5) is 0 Å². The van der Waals surface area contributed by atoms with Gasteiger partial charge in [0.25, 0.3) is 0 Å². The summed E-state index contributed by atoms with van der Waals surface area (Å²) in [4.78, 5) is 13.6. The Morgan fingerprint density at radius 1 is 1.69 bits per heavy atom. The van der Waals surface area contributed by atoms with Gasteiger partial charge in [-0.3, -0.25) is 4.79 Å². The first kappa shape index (κ1) is 11.0. The monoisotopic (exact) mass is 248 g/mol. The molecule has 1 amide bonds. The number of nitrogens with one attached hydrogen (secondary N) is 1. The zero-order valence-electron chi connectivity index (χ0n) is 8.05. The van der Waals surface area contributed by atoms with E-state index in [0.717, 1.165) is 31.4 Å². The molecular weight excluding hydrogens is 232 g/mol. The van der Waals surface area contributed by atoms with Gasteiger partial charge in [-0.15, -0.1) is 0 Å². The number of piperazine rings is 1. The average Bonchev–Trinajstić information content (AvgIpc) is 2.15. The summed E-state index contributed by atoms with van der Waals surface area (Å²) >= 11 is 3.33. The third kappa shape index (κ3) is 3.27. The van der Waals surface area contributed by atoms with Crippen LogP contribution in [0.5, 0.6) is 0 Å². The van der Waals surface area contributed by atoms with Gasteiger partial charge in [0.1, 0.15) is 0 Å². The molecule has 1 atom stereocenters. The fourth-order valence-electron chi connectivity index (χ4n) is 1.57. The zero-order chi connectivity index (χ0) is 9.68. The molecule has 0 aromatic rings. The van der Waals surface area contributed by atoms with Crippen LogP contribution in [0.3, 0.4) is 0 Å². The first-order chi connectivity index (χ1) is 6.25. The average molecular weight is 249 g/mol. The van der Waals surface area contributed by atoms with E-state index in [9.17, 15) is 4.79 Å². The molecular formula is C9H17BrN2O. The van der Waals surface area contributed by atoms with E-state index >= 15 is 0 Å². The topological polar surface area (TPSA) is 32.3 Å². The van der Waals surface area contributed by atoms with Gasteiger partial charge in [0.2, 0.25) is 5.91 Å². The van der Waals surface area contributed by atoms with Crippen molar-refractivity contribution in [3.8, 4) is 0 Å². The lowest BCUT2D eigenvalue weighted by Crippen LogP contribution is -2.52. The maximum absolute atomic E-state index is 11.6. The van der Waals surface area contributed by atoms with Crippen molar-refractivity contribution < 1.29 is 4.79 Å². The van der Waals surface area contributed by atoms with Gasteiger partial charge in [0.15, 0.2) is 0 Å². The minimum atomic E-state index is 0.299. The summed E-state index contributed by atoms with van der Waals surface area (Å²) in [7, 11) is 0. The Bertz CT molecular complexity index is 175. The van der Waals surface area contributed by atoms with E-state index in [-0.39, 0.29) is 0 Å². The number of carbonyl (C=O) groups excluding carboxylic acids is 1. The largest absolute Gasteiger partial charge is 0.337 e. The molecule has 0 spiro atoms. The van der Waals surface area contributed by atoms with Gasteiger partial charge in [-0.25, -0.2) is 0 Å². The molecule has 4 heteroatoms. The summed E-state index contributed by atoms with van der Waals surface area (Å²) in [5, 5.41) is 4.19. The third-order valence-corrected chi connectivity index (χ3v) is 2.91. The zero-order valence-corrected chi connectivity index (χ0v) is 9.64. The number of alkyl halides is 1. The summed E-state index contributed by atoms with van der Waals surface area (Å²) in [5.41, 5.74) is 0. The van der Waals surface area contributed by atoms with Crippen molar-refractivity contribution in [2.75, 3.05) is 25.0 Å². The van der Waals surface area contributed by atoms with Gasteiger partial charge in [0.05, 0.1) is 0 Å². The maximum atomic E-state index is 11.6. The van der Waals surface area contributed by atoms with E-state index in [1.54, 1.807) is 0 Å². The van der Waals surface area contributed by atoms with Gasteiger partial charge in [0, 0.05) is 37.4 Å². The van der Waals surface area contributed by atoms with Crippen molar-refractivity contribution in [2.45, 2.75) is 25.8 Å². The molecule has 1 aliphatic rings. The molecule has 0 bridgehead atoms. The van der Waals surface area contributed by atoms with Crippen LogP contribution in [0.2, 0.25) is 0 Å². The lowest BCUT2D eigenvalue weighted by atomic mass is 10.2. The van der Waals surface area contributed by atoms with Crippen LogP contribution in [-0.4, -0.2) is 41.8 Å². The predicted molar refractivity (Wildman–Crippen MR) is 57.1 cm³/mol. The number of hydrogen-bond acceptors (Lipinski definition) is 2. The fraction of sp³-hybridized carbons (Fsp3) is 0.889. The number of rotatable bonds is 3. The SMILES string of the molecule is CC1CNCCN1C(=O)CCCBr. The first-order valence-corrected chi connectivity index (χ1v) is 5.94. The first-order valence-electron chi connectivity index (χ1n) is 4.82. The van der Waals surface area contributed by atoms with Crippen molar-refractivity contribution in [2.24, 2.45) is 0 Å². The van der Waals surface area contributed by atoms with Gasteiger partial charge in [-0.1, -0.05) is 15.9 Å². The fourth-order valence-corrected chi connectivity index (χ4v) is 1.85. The molecule has 13 heavy (non-hydrogen) atoms. The van der Waals surface area contributed by atoms with Crippen LogP contribution in [0.15, 0.2) is 0 Å². The Morgan fingerprint density at radius 3 is 3.08 bits per heavy atom. The Labute approximate surface area is 88.0 Å². The van der Waals surface area contributed by atoms with E-state index in [2.05, 4.69) is 28.2 Å². The Kier molecular flexibility index (Phi) is 4.73. The van der Waals surface area contributed by atoms with Crippen LogP contribution in [0.25, 0.3) is 0 Å². The van der Waals surface area contributed by atoms with Gasteiger partial charge in [-0.2, -0.15) is 0 Å². The van der Waals surface area contributed by atoms with Gasteiger partial charge in [-0.05, 0) is 13.3 Å². The Morgan fingerprint density at radius 2 is 2.46 bits per heavy atom. The highest BCUT2D eigenvalue weighted by Crippen LogP contribution is 2.06. The molecule has 0 aromatic heterocycles. The smallest absolute Gasteiger partial charge is 0.222 e. The normalized spacial score (nSPS) is 23.2. The van der Waals surface area contributed by atoms with Gasteiger partial charge >= 0.3 is 0 Å². The third-order valence-electron chi connectivity index (χ3n) is 2.35. The highest BCUT2D eigenvalue weighted by atomic mass is 79.9. The molecule has 1 saturated heterocycles. The molecule has 1 unspecified atom stereocenters. The molecule has 1 aliphatic heterocycles. The molecule has 1 rings (SSSR count). The summed E-state index contributed by atoms with van der Waals surface area (Å²) in [5.74, 6) is 0.299. The predicted octanol–water partition coefficient (Wildman–Crippen LogP) is 0.982. The maximum Gasteiger partial charge on any atom is 0.222 e. The number of carbonyl (C=O) groups is 1. The molecule has 0 aliphatic carbocycles. The van der Waals surface area contributed by atoms with E-state index in [0.29, 0.717) is 18.4 Å². The van der Waals surface area contributed by atoms with Crippen LogP contribution in [0, 0.1) is 0 Å². The minimum absolute atomic E-state index is 0.299. The second-order valence-electron chi connectivity index (χ2n) is 3.43. The van der Waals surface area contributed by atoms with Crippen molar-refractivity contribution >= 4 is 21.8 Å². The Hall–Kier alpha value is -0.0900. The number of nitrogens with zero attached hydrogens (tertiary/aromatic N) is 1. The lowest BCUT2D eigenvalue weighted by Gasteiger charge is -2.34. The highest BCUT2D eigenvalue weighted by Gasteiger charge is 2.21. The lowest BCUT2D eigenvalue weighted by molar-refractivity contribution is -0.133. The van der Waals surface area contributed by atoms with Crippen molar-refractivity contribution in [3.63, 3.8) is 0 Å². The molecule has 1 N–H and O–H groups in total. The van der Waals surface area contributed by atoms with E-state index in [1.165, 1.54) is 0 Å². The standard InChI is InChI=1S/C9H17BrN2O/c1-8-7-11-5-6-12(8)9(13)3-2-4-10/h8,11H,2-7H2,1H3. The number of halogens is 1. The molecule has 76 valence electrons. The molecule has 3 nitrogen and oxygen atoms in total. The minimum Gasteiger partial charge on any atom is -0.337 e. The van der Waals surface area contributed by atoms with Crippen LogP contribution >= 0.6 is 15.9 Å². The number of amides is 1. The number of hydrogen-bond donors (Lipinski definition) is 1. The molecule has 0 aromatic carbocycles. The molecule has 1 heterocycles. The van der Waals surface area contributed by atoms with E-state index < -0.39 is 0 Å². The van der Waals surface area contributed by atoms with Crippen LogP contribution in [0.1, 0.15) is 19.8 Å². The molecule has 0 saturated carbocycles. The summed E-state index contributed by atoms with van der Waals surface area (Å²) < 4.78 is 0. The second-order valence-corrected chi connectivity index (χ2v) is 4.23. The van der Waals surface area contributed by atoms with Crippen molar-refractivity contribution in [1.82, 2.24) is 10.2 Å². The Balaban J connectivity index is 2.35. The summed E-state index contributed by atoms with van der Waals surface area (Å²) in [6.07, 6.45) is 1.62. The highest BCUT2D eigenvalue weighted by molar-refractivity contribution is 9.09. The van der Waals surface area contributed by atoms with E-state index in [4.69, 9.17) is 0 Å². The summed E-state index contributed by atoms with van der Waals surface area (Å²) in [6, 6.07) is 0.358. The van der Waals surface area contributed by atoms with Crippen molar-refractivity contribution in [3.05, 3.63) is 0 Å². The van der Waals surface area contributed by atoms with Crippen molar-refractivity contribution in [1.29, 1.82) is 0 Å². The van der Waals surface area contributed by atoms with Crippen LogP contribution < -0.4 is 5.32 Å². The second kappa shape index (κ2) is 5.60. The van der Waals surface area contributed by atoms with Crippen LogP contribution in [-0.2, 0) is 4.79 Å². The van der Waals surface area contributed by atoms with Gasteiger partial charge < -0.3 is 10.2 Å².